The Balaban J connectivity index is 1.69. The number of carbonyl (C=O) groups is 1. The van der Waals surface area contributed by atoms with Crippen molar-refractivity contribution in [1.82, 2.24) is 5.32 Å². The molecule has 1 aromatic carbocycles. The summed E-state index contributed by atoms with van der Waals surface area (Å²) in [6.45, 7) is 6.58. The number of rotatable bonds is 7. The zero-order valence-corrected chi connectivity index (χ0v) is 14.2. The first-order valence-corrected chi connectivity index (χ1v) is 8.50. The molecule has 5 nitrogen and oxygen atoms in total. The molecule has 0 atom stereocenters. The van der Waals surface area contributed by atoms with Crippen LogP contribution in [0.25, 0.3) is 0 Å². The second-order valence-electron chi connectivity index (χ2n) is 6.40. The van der Waals surface area contributed by atoms with Crippen molar-refractivity contribution in [3.63, 3.8) is 0 Å². The average Bonchev–Trinajstić information content (AvgIpc) is 2.95. The summed E-state index contributed by atoms with van der Waals surface area (Å²) in [5.74, 6) is 1.30. The number of hydrogen-bond acceptors (Lipinski definition) is 2. The van der Waals surface area contributed by atoms with Crippen molar-refractivity contribution < 1.29 is 4.79 Å². The van der Waals surface area contributed by atoms with Crippen molar-refractivity contribution in [2.45, 2.75) is 39.5 Å². The van der Waals surface area contributed by atoms with Gasteiger partial charge in [0.05, 0.1) is 0 Å². The average molecular weight is 316 g/mol. The second-order valence-corrected chi connectivity index (χ2v) is 6.40. The molecule has 0 bridgehead atoms. The van der Waals surface area contributed by atoms with Crippen molar-refractivity contribution in [2.24, 2.45) is 16.6 Å². The molecule has 0 saturated heterocycles. The lowest BCUT2D eigenvalue weighted by Crippen LogP contribution is -2.33. The van der Waals surface area contributed by atoms with E-state index in [2.05, 4.69) is 30.2 Å². The van der Waals surface area contributed by atoms with Crippen LogP contribution in [0.5, 0.6) is 0 Å². The first kappa shape index (κ1) is 17.3. The van der Waals surface area contributed by atoms with Gasteiger partial charge in [-0.1, -0.05) is 32.0 Å². The number of fused-ring (bicyclic) bond motifs is 1. The maximum absolute atomic E-state index is 12.3. The maximum Gasteiger partial charge on any atom is 0.227 e. The van der Waals surface area contributed by atoms with Gasteiger partial charge in [0.25, 0.3) is 0 Å². The molecule has 0 unspecified atom stereocenters. The number of nitrogens with zero attached hydrogens (tertiary/aromatic N) is 2. The van der Waals surface area contributed by atoms with E-state index in [9.17, 15) is 4.79 Å². The van der Waals surface area contributed by atoms with Crippen molar-refractivity contribution in [3.05, 3.63) is 29.8 Å². The van der Waals surface area contributed by atoms with Crippen LogP contribution in [-0.2, 0) is 11.2 Å². The van der Waals surface area contributed by atoms with Crippen LogP contribution in [0.3, 0.4) is 0 Å². The molecular formula is C18H28N4O. The Kier molecular flexibility index (Phi) is 6.44. The highest BCUT2D eigenvalue weighted by atomic mass is 16.2. The van der Waals surface area contributed by atoms with Gasteiger partial charge in [0.1, 0.15) is 0 Å². The first-order chi connectivity index (χ1) is 11.1. The summed E-state index contributed by atoms with van der Waals surface area (Å²) in [7, 11) is 0. The fraction of sp³-hybridized carbons (Fsp3) is 0.556. The van der Waals surface area contributed by atoms with Gasteiger partial charge in [0.15, 0.2) is 5.96 Å². The highest BCUT2D eigenvalue weighted by Crippen LogP contribution is 2.27. The van der Waals surface area contributed by atoms with E-state index in [1.165, 1.54) is 5.56 Å². The molecule has 0 saturated carbocycles. The Morgan fingerprint density at radius 1 is 1.39 bits per heavy atom. The lowest BCUT2D eigenvalue weighted by atomic mass is 10.1. The molecular weight excluding hydrogens is 288 g/mol. The van der Waals surface area contributed by atoms with Gasteiger partial charge in [-0.2, -0.15) is 0 Å². The molecule has 1 amide bonds. The minimum Gasteiger partial charge on any atom is -0.370 e. The zero-order valence-electron chi connectivity index (χ0n) is 14.2. The van der Waals surface area contributed by atoms with Crippen LogP contribution in [-0.4, -0.2) is 31.5 Å². The first-order valence-electron chi connectivity index (χ1n) is 8.50. The molecule has 1 aliphatic heterocycles. The molecule has 23 heavy (non-hydrogen) atoms. The normalized spacial score (nSPS) is 14.2. The predicted molar refractivity (Wildman–Crippen MR) is 95.7 cm³/mol. The Morgan fingerprint density at radius 2 is 2.17 bits per heavy atom. The largest absolute Gasteiger partial charge is 0.370 e. The topological polar surface area (TPSA) is 70.7 Å². The maximum atomic E-state index is 12.3. The molecule has 0 aliphatic carbocycles. The van der Waals surface area contributed by atoms with Crippen LogP contribution in [0, 0.1) is 5.92 Å². The second kappa shape index (κ2) is 8.56. The number of nitrogens with one attached hydrogen (secondary N) is 1. The summed E-state index contributed by atoms with van der Waals surface area (Å²) in [6, 6.07) is 8.13. The Labute approximate surface area is 139 Å². The van der Waals surface area contributed by atoms with Crippen molar-refractivity contribution >= 4 is 17.6 Å². The fourth-order valence-corrected chi connectivity index (χ4v) is 2.71. The van der Waals surface area contributed by atoms with Gasteiger partial charge in [0.2, 0.25) is 5.91 Å². The molecule has 0 fully saturated rings. The van der Waals surface area contributed by atoms with Crippen LogP contribution in [0.15, 0.2) is 29.3 Å². The van der Waals surface area contributed by atoms with Gasteiger partial charge < -0.3 is 16.0 Å². The summed E-state index contributed by atoms with van der Waals surface area (Å²) in [5.41, 5.74) is 8.13. The van der Waals surface area contributed by atoms with Gasteiger partial charge >= 0.3 is 0 Å². The van der Waals surface area contributed by atoms with E-state index in [-0.39, 0.29) is 5.91 Å². The quantitative estimate of drug-likeness (QED) is 0.461. The van der Waals surface area contributed by atoms with Crippen LogP contribution in [0.1, 0.15) is 38.7 Å². The summed E-state index contributed by atoms with van der Waals surface area (Å²) in [4.78, 5) is 18.5. The molecule has 0 spiro atoms. The Bertz CT molecular complexity index is 554. The zero-order chi connectivity index (χ0) is 16.7. The lowest BCUT2D eigenvalue weighted by molar-refractivity contribution is -0.118. The molecule has 126 valence electrons. The van der Waals surface area contributed by atoms with E-state index in [4.69, 9.17) is 5.73 Å². The SMILES string of the molecule is CC(C)CCNC(N)=NCCCC(=O)N1CCc2ccccc21. The number of amides is 1. The Hall–Kier alpha value is -2.04. The monoisotopic (exact) mass is 316 g/mol. The molecule has 0 radical (unpaired) electrons. The number of guanidine groups is 1. The van der Waals surface area contributed by atoms with Crippen LogP contribution in [0.2, 0.25) is 0 Å². The van der Waals surface area contributed by atoms with E-state index < -0.39 is 0 Å². The predicted octanol–water partition coefficient (Wildman–Crippen LogP) is 2.31. The van der Waals surface area contributed by atoms with Gasteiger partial charge in [-0.3, -0.25) is 9.79 Å². The third kappa shape index (κ3) is 5.27. The number of carbonyl (C=O) groups excluding carboxylic acids is 1. The fourth-order valence-electron chi connectivity index (χ4n) is 2.71. The van der Waals surface area contributed by atoms with Crippen molar-refractivity contribution in [2.75, 3.05) is 24.5 Å². The molecule has 1 aromatic rings. The molecule has 1 heterocycles. The third-order valence-corrected chi connectivity index (χ3v) is 4.05. The van der Waals surface area contributed by atoms with Gasteiger partial charge in [0, 0.05) is 31.7 Å². The molecule has 3 N–H and O–H groups in total. The standard InChI is InChI=1S/C18H28N4O/c1-14(2)9-12-21-18(19)20-11-5-8-17(23)22-13-10-15-6-3-4-7-16(15)22/h3-4,6-7,14H,5,8-13H2,1-2H3,(H3,19,20,21). The number of benzene rings is 1. The number of anilines is 1. The Morgan fingerprint density at radius 3 is 2.96 bits per heavy atom. The molecule has 5 heteroatoms. The number of nitrogens with two attached hydrogens (primary N) is 1. The summed E-state index contributed by atoms with van der Waals surface area (Å²) >= 11 is 0. The summed E-state index contributed by atoms with van der Waals surface area (Å²) in [6.07, 6.45) is 3.26. The van der Waals surface area contributed by atoms with E-state index >= 15 is 0 Å². The molecule has 1 aliphatic rings. The minimum absolute atomic E-state index is 0.177. The van der Waals surface area contributed by atoms with Crippen LogP contribution < -0.4 is 16.0 Å². The van der Waals surface area contributed by atoms with Gasteiger partial charge in [-0.15, -0.1) is 0 Å². The highest BCUT2D eigenvalue weighted by molar-refractivity contribution is 5.95. The minimum atomic E-state index is 0.177. The summed E-state index contributed by atoms with van der Waals surface area (Å²) in [5, 5.41) is 3.10. The number of para-hydroxylation sites is 1. The number of aliphatic imine (C=N–C) groups is 1. The van der Waals surface area contributed by atoms with E-state index in [0.29, 0.717) is 24.8 Å². The van der Waals surface area contributed by atoms with E-state index in [1.807, 2.05) is 23.1 Å². The molecule has 2 rings (SSSR count). The van der Waals surface area contributed by atoms with Gasteiger partial charge in [-0.05, 0) is 36.8 Å². The lowest BCUT2D eigenvalue weighted by Gasteiger charge is -2.17. The van der Waals surface area contributed by atoms with Gasteiger partial charge in [-0.25, -0.2) is 0 Å². The smallest absolute Gasteiger partial charge is 0.227 e. The number of hydrogen-bond donors (Lipinski definition) is 2. The highest BCUT2D eigenvalue weighted by Gasteiger charge is 2.23. The van der Waals surface area contributed by atoms with E-state index in [1.54, 1.807) is 0 Å². The van der Waals surface area contributed by atoms with Crippen molar-refractivity contribution in [1.29, 1.82) is 0 Å². The van der Waals surface area contributed by atoms with Crippen LogP contribution >= 0.6 is 0 Å². The third-order valence-electron chi connectivity index (χ3n) is 4.05. The van der Waals surface area contributed by atoms with Crippen LogP contribution in [0.4, 0.5) is 5.69 Å². The van der Waals surface area contributed by atoms with E-state index in [0.717, 1.165) is 38.0 Å². The molecule has 0 aromatic heterocycles. The summed E-state index contributed by atoms with van der Waals surface area (Å²) < 4.78 is 0. The van der Waals surface area contributed by atoms with Crippen molar-refractivity contribution in [3.8, 4) is 0 Å².